The monoisotopic (exact) mass is 394 g/mol. The molecular formula is C13H19IN2O2S. The van der Waals surface area contributed by atoms with Crippen molar-refractivity contribution in [2.24, 2.45) is 0 Å². The van der Waals surface area contributed by atoms with Crippen molar-refractivity contribution in [2.75, 3.05) is 26.2 Å². The maximum absolute atomic E-state index is 12.5. The van der Waals surface area contributed by atoms with Crippen molar-refractivity contribution in [3.05, 3.63) is 27.8 Å². The predicted octanol–water partition coefficient (Wildman–Crippen LogP) is 2.01. The molecule has 1 aromatic carbocycles. The van der Waals surface area contributed by atoms with Crippen LogP contribution in [0.1, 0.15) is 13.8 Å². The van der Waals surface area contributed by atoms with Gasteiger partial charge in [0.2, 0.25) is 10.0 Å². The van der Waals surface area contributed by atoms with E-state index in [0.717, 1.165) is 16.7 Å². The Morgan fingerprint density at radius 2 is 1.58 bits per heavy atom. The average molecular weight is 394 g/mol. The van der Waals surface area contributed by atoms with Crippen molar-refractivity contribution in [1.29, 1.82) is 0 Å². The third kappa shape index (κ3) is 3.48. The number of piperazine rings is 1. The standard InChI is InChI=1S/C13H19IN2O2S/c1-11(2)15-7-9-16(10-8-15)19(17,18)13-5-3-12(14)4-6-13/h3-6,11H,7-10H2,1-2H3. The van der Waals surface area contributed by atoms with E-state index in [4.69, 9.17) is 0 Å². The van der Waals surface area contributed by atoms with Gasteiger partial charge in [0.25, 0.3) is 0 Å². The molecule has 0 N–H and O–H groups in total. The van der Waals surface area contributed by atoms with Crippen LogP contribution >= 0.6 is 22.6 Å². The molecule has 106 valence electrons. The van der Waals surface area contributed by atoms with Crippen molar-refractivity contribution in [2.45, 2.75) is 24.8 Å². The molecule has 0 spiro atoms. The normalized spacial score (nSPS) is 18.9. The minimum Gasteiger partial charge on any atom is -0.298 e. The Balaban J connectivity index is 2.12. The first kappa shape index (κ1) is 15.2. The second kappa shape index (κ2) is 6.07. The first-order chi connectivity index (χ1) is 8.91. The van der Waals surface area contributed by atoms with Gasteiger partial charge < -0.3 is 0 Å². The highest BCUT2D eigenvalue weighted by molar-refractivity contribution is 14.1. The van der Waals surface area contributed by atoms with Gasteiger partial charge in [-0.15, -0.1) is 0 Å². The van der Waals surface area contributed by atoms with Crippen LogP contribution in [0, 0.1) is 3.57 Å². The first-order valence-corrected chi connectivity index (χ1v) is 8.93. The van der Waals surface area contributed by atoms with Crippen LogP contribution in [-0.2, 0) is 10.0 Å². The van der Waals surface area contributed by atoms with E-state index in [0.29, 0.717) is 24.0 Å². The Morgan fingerprint density at radius 3 is 2.05 bits per heavy atom. The molecule has 2 rings (SSSR count). The van der Waals surface area contributed by atoms with E-state index in [1.807, 2.05) is 12.1 Å². The lowest BCUT2D eigenvalue weighted by molar-refractivity contribution is 0.154. The van der Waals surface area contributed by atoms with Crippen LogP contribution in [0.5, 0.6) is 0 Å². The predicted molar refractivity (Wildman–Crippen MR) is 84.6 cm³/mol. The van der Waals surface area contributed by atoms with E-state index in [2.05, 4.69) is 41.3 Å². The van der Waals surface area contributed by atoms with Crippen molar-refractivity contribution >= 4 is 32.6 Å². The lowest BCUT2D eigenvalue weighted by Gasteiger charge is -2.36. The molecule has 0 saturated carbocycles. The minimum atomic E-state index is -3.32. The summed E-state index contributed by atoms with van der Waals surface area (Å²) in [5.41, 5.74) is 0. The van der Waals surface area contributed by atoms with Gasteiger partial charge in [0.05, 0.1) is 4.90 Å². The summed E-state index contributed by atoms with van der Waals surface area (Å²) in [4.78, 5) is 2.70. The zero-order chi connectivity index (χ0) is 14.0. The Hall–Kier alpha value is -0.180. The zero-order valence-corrected chi connectivity index (χ0v) is 14.2. The van der Waals surface area contributed by atoms with Gasteiger partial charge in [-0.25, -0.2) is 8.42 Å². The highest BCUT2D eigenvalue weighted by Gasteiger charge is 2.28. The molecule has 0 unspecified atom stereocenters. The van der Waals surface area contributed by atoms with Gasteiger partial charge in [-0.05, 0) is 60.7 Å². The molecule has 1 aromatic rings. The van der Waals surface area contributed by atoms with Crippen molar-refractivity contribution in [1.82, 2.24) is 9.21 Å². The fourth-order valence-corrected chi connectivity index (χ4v) is 4.00. The Labute approximate surface area is 129 Å². The lowest BCUT2D eigenvalue weighted by atomic mass is 10.3. The van der Waals surface area contributed by atoms with Crippen LogP contribution in [0.2, 0.25) is 0 Å². The topological polar surface area (TPSA) is 40.6 Å². The largest absolute Gasteiger partial charge is 0.298 e. The number of rotatable bonds is 3. The van der Waals surface area contributed by atoms with E-state index in [1.54, 1.807) is 16.4 Å². The Bertz CT molecular complexity index is 520. The molecule has 0 aromatic heterocycles. The second-order valence-corrected chi connectivity index (χ2v) is 8.17. The maximum atomic E-state index is 12.5. The summed E-state index contributed by atoms with van der Waals surface area (Å²) in [5.74, 6) is 0. The molecule has 19 heavy (non-hydrogen) atoms. The van der Waals surface area contributed by atoms with Gasteiger partial charge in [0.15, 0.2) is 0 Å². The van der Waals surface area contributed by atoms with Crippen molar-refractivity contribution < 1.29 is 8.42 Å². The van der Waals surface area contributed by atoms with Gasteiger partial charge in [-0.2, -0.15) is 4.31 Å². The van der Waals surface area contributed by atoms with Crippen LogP contribution in [0.25, 0.3) is 0 Å². The SMILES string of the molecule is CC(C)N1CCN(S(=O)(=O)c2ccc(I)cc2)CC1. The highest BCUT2D eigenvalue weighted by atomic mass is 127. The van der Waals surface area contributed by atoms with Gasteiger partial charge in [-0.3, -0.25) is 4.90 Å². The minimum absolute atomic E-state index is 0.394. The second-order valence-electron chi connectivity index (χ2n) is 4.99. The van der Waals surface area contributed by atoms with Gasteiger partial charge in [0, 0.05) is 35.8 Å². The molecule has 0 radical (unpaired) electrons. The molecule has 0 bridgehead atoms. The number of nitrogens with zero attached hydrogens (tertiary/aromatic N) is 2. The maximum Gasteiger partial charge on any atom is 0.243 e. The van der Waals surface area contributed by atoms with Crippen LogP contribution in [-0.4, -0.2) is 49.8 Å². The summed E-state index contributed by atoms with van der Waals surface area (Å²) >= 11 is 2.17. The van der Waals surface area contributed by atoms with Crippen molar-refractivity contribution in [3.63, 3.8) is 0 Å². The number of hydrogen-bond donors (Lipinski definition) is 0. The van der Waals surface area contributed by atoms with E-state index < -0.39 is 10.0 Å². The lowest BCUT2D eigenvalue weighted by Crippen LogP contribution is -2.50. The number of halogens is 1. The summed E-state index contributed by atoms with van der Waals surface area (Å²) in [6, 6.07) is 7.51. The Morgan fingerprint density at radius 1 is 1.05 bits per heavy atom. The molecule has 0 aliphatic carbocycles. The molecule has 6 heteroatoms. The van der Waals surface area contributed by atoms with Gasteiger partial charge in [-0.1, -0.05) is 0 Å². The fourth-order valence-electron chi connectivity index (χ4n) is 2.22. The van der Waals surface area contributed by atoms with Gasteiger partial charge in [0.1, 0.15) is 0 Å². The van der Waals surface area contributed by atoms with Crippen LogP contribution in [0.4, 0.5) is 0 Å². The molecule has 1 aliphatic rings. The summed E-state index contributed by atoms with van der Waals surface area (Å²) in [6.45, 7) is 7.05. The van der Waals surface area contributed by atoms with E-state index in [1.165, 1.54) is 0 Å². The van der Waals surface area contributed by atoms with Gasteiger partial charge >= 0.3 is 0 Å². The smallest absolute Gasteiger partial charge is 0.243 e. The number of hydrogen-bond acceptors (Lipinski definition) is 3. The van der Waals surface area contributed by atoms with Crippen molar-refractivity contribution in [3.8, 4) is 0 Å². The van der Waals surface area contributed by atoms with Crippen LogP contribution in [0.15, 0.2) is 29.2 Å². The molecule has 4 nitrogen and oxygen atoms in total. The molecular weight excluding hydrogens is 375 g/mol. The van der Waals surface area contributed by atoms with E-state index in [9.17, 15) is 8.42 Å². The first-order valence-electron chi connectivity index (χ1n) is 6.41. The number of benzene rings is 1. The van der Waals surface area contributed by atoms with E-state index in [-0.39, 0.29) is 0 Å². The molecule has 1 saturated heterocycles. The van der Waals surface area contributed by atoms with E-state index >= 15 is 0 Å². The summed E-state index contributed by atoms with van der Waals surface area (Å²) in [5, 5.41) is 0. The molecule has 1 heterocycles. The summed E-state index contributed by atoms with van der Waals surface area (Å²) in [7, 11) is -3.32. The molecule has 0 atom stereocenters. The average Bonchev–Trinajstić information content (AvgIpc) is 2.39. The molecule has 1 aliphatic heterocycles. The van der Waals surface area contributed by atoms with Crippen LogP contribution in [0.3, 0.4) is 0 Å². The molecule has 0 amide bonds. The fraction of sp³-hybridized carbons (Fsp3) is 0.538. The van der Waals surface area contributed by atoms with Crippen LogP contribution < -0.4 is 0 Å². The third-order valence-corrected chi connectivity index (χ3v) is 6.09. The molecule has 1 fully saturated rings. The quantitative estimate of drug-likeness (QED) is 0.737. The highest BCUT2D eigenvalue weighted by Crippen LogP contribution is 2.19. The summed E-state index contributed by atoms with van der Waals surface area (Å²) < 4.78 is 27.6. The third-order valence-electron chi connectivity index (χ3n) is 3.45. The number of sulfonamides is 1. The Kier molecular flexibility index (Phi) is 4.86. The zero-order valence-electron chi connectivity index (χ0n) is 11.2. The summed E-state index contributed by atoms with van der Waals surface area (Å²) in [6.07, 6.45) is 0.